The Labute approximate surface area is 140 Å². The van der Waals surface area contributed by atoms with Crippen LogP contribution in [0.1, 0.15) is 13.8 Å². The summed E-state index contributed by atoms with van der Waals surface area (Å²) in [5.41, 5.74) is 4.80. The van der Waals surface area contributed by atoms with Crippen LogP contribution in [0.25, 0.3) is 0 Å². The molecular formula is C13H16N2O8S. The summed E-state index contributed by atoms with van der Waals surface area (Å²) in [5, 5.41) is 9.16. The molecular weight excluding hydrogens is 344 g/mol. The average Bonchev–Trinajstić information content (AvgIpc) is 2.78. The number of aliphatic hydroxyl groups is 1. The van der Waals surface area contributed by atoms with Gasteiger partial charge in [0.1, 0.15) is 17.7 Å². The standard InChI is InChI=1S/C13H16N2O8S/c1-5(16)8-10(18)15-9(12(19)23-4-22-6(2)17)7(24-11(8)15)3-21-13(14)20/h5,8,11,16H,3-4H2,1-2H3,(H2,14,20)/t5-,8?,11?/m1/s1. The molecule has 11 heteroatoms. The number of ether oxygens (including phenoxy) is 3. The van der Waals surface area contributed by atoms with Crippen molar-refractivity contribution < 1.29 is 38.5 Å². The highest BCUT2D eigenvalue weighted by Gasteiger charge is 2.57. The Kier molecular flexibility index (Phi) is 5.34. The first kappa shape index (κ1) is 18.1. The van der Waals surface area contributed by atoms with Crippen molar-refractivity contribution in [2.24, 2.45) is 11.7 Å². The fourth-order valence-corrected chi connectivity index (χ4v) is 3.83. The van der Waals surface area contributed by atoms with Crippen LogP contribution in [0.5, 0.6) is 0 Å². The molecule has 0 radical (unpaired) electrons. The molecule has 2 heterocycles. The van der Waals surface area contributed by atoms with E-state index in [2.05, 4.69) is 9.47 Å². The van der Waals surface area contributed by atoms with Gasteiger partial charge in [0.15, 0.2) is 0 Å². The number of carbonyl (C=O) groups is 4. The molecule has 2 aliphatic rings. The number of esters is 2. The Balaban J connectivity index is 2.15. The lowest BCUT2D eigenvalue weighted by Crippen LogP contribution is -2.60. The minimum Gasteiger partial charge on any atom is -0.444 e. The maximum Gasteiger partial charge on any atom is 0.404 e. The van der Waals surface area contributed by atoms with Gasteiger partial charge in [-0.3, -0.25) is 14.5 Å². The van der Waals surface area contributed by atoms with Crippen LogP contribution in [0.3, 0.4) is 0 Å². The fraction of sp³-hybridized carbons (Fsp3) is 0.538. The molecule has 132 valence electrons. The summed E-state index contributed by atoms with van der Waals surface area (Å²) < 4.78 is 14.0. The normalized spacial score (nSPS) is 23.3. The highest BCUT2D eigenvalue weighted by Crippen LogP contribution is 2.50. The number of nitrogens with zero attached hydrogens (tertiary/aromatic N) is 1. The molecule has 1 fully saturated rings. The van der Waals surface area contributed by atoms with Gasteiger partial charge >= 0.3 is 18.0 Å². The number of hydrogen-bond acceptors (Lipinski definition) is 9. The SMILES string of the molecule is CC(=O)OCOC(=O)C1=C(COC(N)=O)SC2C([C@@H](C)O)C(=O)N12. The lowest BCUT2D eigenvalue weighted by atomic mass is 9.92. The van der Waals surface area contributed by atoms with Crippen molar-refractivity contribution in [2.75, 3.05) is 13.4 Å². The molecule has 0 aromatic heterocycles. The zero-order chi connectivity index (χ0) is 18.0. The van der Waals surface area contributed by atoms with E-state index in [0.29, 0.717) is 0 Å². The molecule has 0 bridgehead atoms. The minimum absolute atomic E-state index is 0.111. The number of rotatable bonds is 6. The molecule has 0 saturated carbocycles. The van der Waals surface area contributed by atoms with Crippen molar-refractivity contribution in [3.8, 4) is 0 Å². The van der Waals surface area contributed by atoms with Crippen molar-refractivity contribution in [1.29, 1.82) is 0 Å². The van der Waals surface area contributed by atoms with Gasteiger partial charge in [0.05, 0.1) is 16.9 Å². The first-order valence-corrected chi connectivity index (χ1v) is 7.75. The molecule has 0 aliphatic carbocycles. The topological polar surface area (TPSA) is 145 Å². The van der Waals surface area contributed by atoms with Crippen molar-refractivity contribution in [3.05, 3.63) is 10.6 Å². The van der Waals surface area contributed by atoms with Gasteiger partial charge < -0.3 is 25.1 Å². The molecule has 2 rings (SSSR count). The van der Waals surface area contributed by atoms with Crippen molar-refractivity contribution in [3.63, 3.8) is 0 Å². The van der Waals surface area contributed by atoms with Gasteiger partial charge in [-0.15, -0.1) is 0 Å². The van der Waals surface area contributed by atoms with Crippen LogP contribution >= 0.6 is 11.8 Å². The van der Waals surface area contributed by atoms with E-state index in [4.69, 9.17) is 10.5 Å². The Morgan fingerprint density at radius 1 is 1.33 bits per heavy atom. The number of hydrogen-bond donors (Lipinski definition) is 2. The number of primary amides is 1. The molecule has 10 nitrogen and oxygen atoms in total. The molecule has 2 aliphatic heterocycles. The number of thioether (sulfide) groups is 1. The van der Waals surface area contributed by atoms with E-state index in [1.807, 2.05) is 0 Å². The van der Waals surface area contributed by atoms with Crippen LogP contribution in [0.4, 0.5) is 4.79 Å². The molecule has 1 saturated heterocycles. The smallest absolute Gasteiger partial charge is 0.404 e. The van der Waals surface area contributed by atoms with Crippen molar-refractivity contribution >= 4 is 35.7 Å². The van der Waals surface area contributed by atoms with Crippen molar-refractivity contribution in [1.82, 2.24) is 4.90 Å². The van der Waals surface area contributed by atoms with Crippen LogP contribution in [0.2, 0.25) is 0 Å². The quantitative estimate of drug-likeness (QED) is 0.355. The largest absolute Gasteiger partial charge is 0.444 e. The first-order valence-electron chi connectivity index (χ1n) is 6.87. The number of β-lactam (4-membered cyclic amide) rings is 1. The second-order valence-corrected chi connectivity index (χ2v) is 6.26. The fourth-order valence-electron chi connectivity index (χ4n) is 2.32. The summed E-state index contributed by atoms with van der Waals surface area (Å²) in [7, 11) is 0. The van der Waals surface area contributed by atoms with E-state index in [9.17, 15) is 24.3 Å². The maximum absolute atomic E-state index is 12.2. The number of aliphatic hydroxyl groups excluding tert-OH is 1. The summed E-state index contributed by atoms with van der Waals surface area (Å²) in [5.74, 6) is -2.68. The zero-order valence-electron chi connectivity index (χ0n) is 12.9. The number of nitrogens with two attached hydrogens (primary N) is 1. The lowest BCUT2D eigenvalue weighted by molar-refractivity contribution is -0.168. The number of carbonyl (C=O) groups excluding carboxylic acids is 4. The van der Waals surface area contributed by atoms with E-state index < -0.39 is 48.1 Å². The Morgan fingerprint density at radius 2 is 2.00 bits per heavy atom. The molecule has 2 unspecified atom stereocenters. The number of amides is 2. The molecule has 3 atom stereocenters. The van der Waals surface area contributed by atoms with E-state index in [1.54, 1.807) is 0 Å². The van der Waals surface area contributed by atoms with Crippen LogP contribution in [-0.4, -0.2) is 58.8 Å². The third kappa shape index (κ3) is 3.46. The van der Waals surface area contributed by atoms with Gasteiger partial charge in [0.25, 0.3) is 0 Å². The van der Waals surface area contributed by atoms with Gasteiger partial charge in [0.2, 0.25) is 12.7 Å². The van der Waals surface area contributed by atoms with Crippen LogP contribution in [0, 0.1) is 5.92 Å². The predicted octanol–water partition coefficient (Wildman–Crippen LogP) is -0.731. The molecule has 0 spiro atoms. The average molecular weight is 360 g/mol. The summed E-state index contributed by atoms with van der Waals surface area (Å²) in [6, 6.07) is 0. The Morgan fingerprint density at radius 3 is 2.54 bits per heavy atom. The van der Waals surface area contributed by atoms with Crippen LogP contribution in [-0.2, 0) is 28.6 Å². The summed E-state index contributed by atoms with van der Waals surface area (Å²) in [6.45, 7) is 1.69. The maximum atomic E-state index is 12.2. The molecule has 0 aromatic carbocycles. The molecule has 2 amide bonds. The van der Waals surface area contributed by atoms with Gasteiger partial charge in [-0.2, -0.15) is 0 Å². The van der Waals surface area contributed by atoms with Crippen LogP contribution < -0.4 is 5.73 Å². The predicted molar refractivity (Wildman–Crippen MR) is 78.7 cm³/mol. The first-order chi connectivity index (χ1) is 11.2. The molecule has 24 heavy (non-hydrogen) atoms. The third-order valence-corrected chi connectivity index (χ3v) is 4.70. The summed E-state index contributed by atoms with van der Waals surface area (Å²) in [4.78, 5) is 47.2. The molecule has 3 N–H and O–H groups in total. The third-order valence-electron chi connectivity index (χ3n) is 3.36. The number of fused-ring (bicyclic) bond motifs is 1. The van der Waals surface area contributed by atoms with Gasteiger partial charge in [-0.1, -0.05) is 11.8 Å². The zero-order valence-corrected chi connectivity index (χ0v) is 13.7. The summed E-state index contributed by atoms with van der Waals surface area (Å²) in [6.07, 6.45) is -1.94. The Bertz CT molecular complexity index is 617. The highest BCUT2D eigenvalue weighted by atomic mass is 32.2. The van der Waals surface area contributed by atoms with E-state index in [0.717, 1.165) is 23.6 Å². The Hall–Kier alpha value is -2.27. The van der Waals surface area contributed by atoms with Gasteiger partial charge in [0, 0.05) is 6.92 Å². The monoisotopic (exact) mass is 360 g/mol. The van der Waals surface area contributed by atoms with Gasteiger partial charge in [-0.25, -0.2) is 9.59 Å². The van der Waals surface area contributed by atoms with E-state index in [-0.39, 0.29) is 17.2 Å². The molecule has 0 aromatic rings. The second kappa shape index (κ2) is 7.09. The van der Waals surface area contributed by atoms with Crippen molar-refractivity contribution in [2.45, 2.75) is 25.3 Å². The van der Waals surface area contributed by atoms with Crippen LogP contribution in [0.15, 0.2) is 10.6 Å². The summed E-state index contributed by atoms with van der Waals surface area (Å²) >= 11 is 1.10. The minimum atomic E-state index is -1.04. The van der Waals surface area contributed by atoms with E-state index in [1.165, 1.54) is 6.92 Å². The van der Waals surface area contributed by atoms with E-state index >= 15 is 0 Å². The second-order valence-electron chi connectivity index (χ2n) is 5.05. The van der Waals surface area contributed by atoms with Gasteiger partial charge in [-0.05, 0) is 6.92 Å². The lowest BCUT2D eigenvalue weighted by Gasteiger charge is -2.43. The highest BCUT2D eigenvalue weighted by molar-refractivity contribution is 8.04.